The fourth-order valence-corrected chi connectivity index (χ4v) is 13.7. The number of rotatable bonds is 8. The first-order chi connectivity index (χ1) is 15.2. The molecule has 0 radical (unpaired) electrons. The van der Waals surface area contributed by atoms with Crippen LogP contribution in [0, 0.1) is 0 Å². The van der Waals surface area contributed by atoms with Crippen molar-refractivity contribution in [3.63, 3.8) is 0 Å². The summed E-state index contributed by atoms with van der Waals surface area (Å²) in [6, 6.07) is 41.9. The fourth-order valence-electron chi connectivity index (χ4n) is 4.25. The van der Waals surface area contributed by atoms with Gasteiger partial charge in [0.15, 0.2) is 0 Å². The first-order valence-corrected chi connectivity index (χ1v) is 14.8. The fraction of sp³-hybridized carbons (Fsp3) is 0.0769. The first kappa shape index (κ1) is 21.4. The van der Waals surface area contributed by atoms with E-state index in [4.69, 9.17) is 15.6 Å². The monoisotopic (exact) mass is 440 g/mol. The first-order valence-electron chi connectivity index (χ1n) is 10.6. The molecule has 0 bridgehead atoms. The lowest BCUT2D eigenvalue weighted by molar-refractivity contribution is 0.570. The van der Waals surface area contributed by atoms with Crippen LogP contribution in [0.15, 0.2) is 121 Å². The smallest absolute Gasteiger partial charge is 0.259 e. The van der Waals surface area contributed by atoms with Crippen LogP contribution in [0.2, 0.25) is 0 Å². The van der Waals surface area contributed by atoms with Crippen LogP contribution in [0.1, 0.15) is 0 Å². The van der Waals surface area contributed by atoms with Crippen LogP contribution in [-0.2, 0) is 4.12 Å². The topological polar surface area (TPSA) is 61.3 Å². The van der Waals surface area contributed by atoms with Gasteiger partial charge in [0, 0.05) is 12.3 Å². The second kappa shape index (κ2) is 9.55. The van der Waals surface area contributed by atoms with Crippen LogP contribution in [-0.4, -0.2) is 29.0 Å². The van der Waals surface area contributed by atoms with Crippen LogP contribution in [0.4, 0.5) is 0 Å². The van der Waals surface area contributed by atoms with E-state index in [1.165, 1.54) is 20.7 Å². The van der Waals surface area contributed by atoms with Crippen molar-refractivity contribution >= 4 is 37.4 Å². The summed E-state index contributed by atoms with van der Waals surface area (Å²) in [6.45, 7) is 0. The van der Waals surface area contributed by atoms with Gasteiger partial charge in [-0.15, -0.1) is 0 Å². The zero-order valence-electron chi connectivity index (χ0n) is 17.5. The molecule has 0 amide bonds. The van der Waals surface area contributed by atoms with Crippen molar-refractivity contribution in [1.82, 2.24) is 0 Å². The minimum atomic E-state index is -2.78. The standard InChI is InChI=1S/C26H28N2OSi2/c27-21-30(23-13-5-1-6-14-23,24-15-7-2-8-16-24)29-31(22-28,25-17-9-3-10-18-25)26-19-11-4-12-20-26/h1-20H,21-22,27-28H2. The predicted molar refractivity (Wildman–Crippen MR) is 135 cm³/mol. The van der Waals surface area contributed by atoms with Gasteiger partial charge in [-0.2, -0.15) is 0 Å². The highest BCUT2D eigenvalue weighted by Crippen LogP contribution is 2.16. The van der Waals surface area contributed by atoms with Gasteiger partial charge in [0.25, 0.3) is 16.6 Å². The molecule has 4 rings (SSSR count). The number of nitrogens with two attached hydrogens (primary N) is 2. The maximum absolute atomic E-state index is 7.50. The molecule has 0 saturated heterocycles. The van der Waals surface area contributed by atoms with E-state index < -0.39 is 16.6 Å². The molecule has 3 nitrogen and oxygen atoms in total. The van der Waals surface area contributed by atoms with Crippen LogP contribution < -0.4 is 32.2 Å². The Labute approximate surface area is 186 Å². The zero-order valence-corrected chi connectivity index (χ0v) is 19.5. The van der Waals surface area contributed by atoms with Crippen molar-refractivity contribution < 1.29 is 4.12 Å². The third-order valence-electron chi connectivity index (χ3n) is 5.88. The van der Waals surface area contributed by atoms with E-state index in [1.807, 2.05) is 24.3 Å². The molecule has 4 aromatic carbocycles. The summed E-state index contributed by atoms with van der Waals surface area (Å²) < 4.78 is 7.50. The third kappa shape index (κ3) is 4.06. The Hall–Kier alpha value is -2.81. The molecule has 0 heterocycles. The van der Waals surface area contributed by atoms with Gasteiger partial charge in [0.1, 0.15) is 0 Å². The van der Waals surface area contributed by atoms with Gasteiger partial charge in [-0.25, -0.2) is 0 Å². The Bertz CT molecular complexity index is 909. The van der Waals surface area contributed by atoms with E-state index in [-0.39, 0.29) is 0 Å². The maximum Gasteiger partial charge on any atom is 0.259 e. The van der Waals surface area contributed by atoms with E-state index in [2.05, 4.69) is 97.1 Å². The summed E-state index contributed by atoms with van der Waals surface area (Å²) >= 11 is 0. The molecule has 0 spiro atoms. The van der Waals surface area contributed by atoms with Crippen molar-refractivity contribution in [2.45, 2.75) is 0 Å². The highest BCUT2D eigenvalue weighted by molar-refractivity contribution is 7.09. The molecule has 0 saturated carbocycles. The molecule has 5 heteroatoms. The third-order valence-corrected chi connectivity index (χ3v) is 14.9. The van der Waals surface area contributed by atoms with Gasteiger partial charge in [-0.05, 0) is 20.7 Å². The van der Waals surface area contributed by atoms with Gasteiger partial charge in [-0.3, -0.25) is 0 Å². The normalized spacial score (nSPS) is 11.9. The summed E-state index contributed by atoms with van der Waals surface area (Å²) in [5, 5.41) is 4.67. The Morgan fingerprint density at radius 1 is 0.419 bits per heavy atom. The van der Waals surface area contributed by atoms with E-state index in [9.17, 15) is 0 Å². The molecule has 4 aromatic rings. The Morgan fingerprint density at radius 3 is 0.839 bits per heavy atom. The second-order valence-electron chi connectivity index (χ2n) is 7.63. The lowest BCUT2D eigenvalue weighted by atomic mass is 10.4. The summed E-state index contributed by atoms with van der Waals surface area (Å²) in [5.74, 6) is 0. The Kier molecular flexibility index (Phi) is 6.60. The second-order valence-corrected chi connectivity index (χ2v) is 14.9. The molecule has 31 heavy (non-hydrogen) atoms. The molecule has 0 fully saturated rings. The summed E-state index contributed by atoms with van der Waals surface area (Å²) in [7, 11) is -5.57. The average molecular weight is 441 g/mol. The zero-order chi connectivity index (χ0) is 21.6. The lowest BCUT2D eigenvalue weighted by Gasteiger charge is -2.42. The van der Waals surface area contributed by atoms with Crippen LogP contribution >= 0.6 is 0 Å². The van der Waals surface area contributed by atoms with E-state index >= 15 is 0 Å². The molecule has 0 unspecified atom stereocenters. The van der Waals surface area contributed by atoms with E-state index in [0.717, 1.165) is 0 Å². The molecule has 0 aliphatic heterocycles. The largest absolute Gasteiger partial charge is 0.440 e. The maximum atomic E-state index is 7.50. The summed E-state index contributed by atoms with van der Waals surface area (Å²) in [6.07, 6.45) is 0.880. The van der Waals surface area contributed by atoms with Gasteiger partial charge >= 0.3 is 0 Å². The van der Waals surface area contributed by atoms with Crippen molar-refractivity contribution in [2.75, 3.05) is 12.3 Å². The van der Waals surface area contributed by atoms with Crippen molar-refractivity contribution in [3.8, 4) is 0 Å². The highest BCUT2D eigenvalue weighted by Gasteiger charge is 2.49. The molecule has 156 valence electrons. The quantitative estimate of drug-likeness (QED) is 0.409. The Balaban J connectivity index is 1.98. The predicted octanol–water partition coefficient (Wildman–Crippen LogP) is 1.52. The van der Waals surface area contributed by atoms with E-state index in [1.54, 1.807) is 0 Å². The van der Waals surface area contributed by atoms with Gasteiger partial charge in [-0.1, -0.05) is 121 Å². The van der Waals surface area contributed by atoms with E-state index in [0.29, 0.717) is 12.3 Å². The SMILES string of the molecule is NC[Si](O[Si](CN)(c1ccccc1)c1ccccc1)(c1ccccc1)c1ccccc1. The lowest BCUT2D eigenvalue weighted by Crippen LogP contribution is -2.77. The van der Waals surface area contributed by atoms with Gasteiger partial charge in [0.05, 0.1) is 0 Å². The molecular weight excluding hydrogens is 412 g/mol. The minimum Gasteiger partial charge on any atom is -0.440 e. The molecule has 0 aliphatic carbocycles. The summed E-state index contributed by atoms with van der Waals surface area (Å²) in [5.41, 5.74) is 13.2. The summed E-state index contributed by atoms with van der Waals surface area (Å²) in [4.78, 5) is 0. The average Bonchev–Trinajstić information content (AvgIpc) is 2.87. The highest BCUT2D eigenvalue weighted by atomic mass is 28.4. The van der Waals surface area contributed by atoms with Crippen molar-refractivity contribution in [3.05, 3.63) is 121 Å². The van der Waals surface area contributed by atoms with Crippen molar-refractivity contribution in [2.24, 2.45) is 11.5 Å². The Morgan fingerprint density at radius 2 is 0.645 bits per heavy atom. The van der Waals surface area contributed by atoms with Crippen LogP contribution in [0.25, 0.3) is 0 Å². The minimum absolute atomic E-state index is 0.440. The van der Waals surface area contributed by atoms with Crippen LogP contribution in [0.3, 0.4) is 0 Å². The van der Waals surface area contributed by atoms with Crippen molar-refractivity contribution in [1.29, 1.82) is 0 Å². The van der Waals surface area contributed by atoms with Gasteiger partial charge in [0.2, 0.25) is 0 Å². The van der Waals surface area contributed by atoms with Crippen LogP contribution in [0.5, 0.6) is 0 Å². The molecule has 0 aromatic heterocycles. The number of benzene rings is 4. The molecular formula is C26H28N2OSi2. The molecule has 0 atom stereocenters. The molecule has 4 N–H and O–H groups in total. The van der Waals surface area contributed by atoms with Gasteiger partial charge < -0.3 is 15.6 Å². The number of hydrogen-bond donors (Lipinski definition) is 2. The molecule has 0 aliphatic rings. The number of hydrogen-bond acceptors (Lipinski definition) is 3.